The standard InChI is InChI=1S/C9H5BrClN.Cl3OP/c10-7-1-2-8-6(5-7)3-4-12-9(8)11;1-5(2,3)4/h1-5H;. The molecule has 0 aliphatic carbocycles. The van der Waals surface area contributed by atoms with Crippen molar-refractivity contribution in [2.75, 3.05) is 0 Å². The van der Waals surface area contributed by atoms with Crippen LogP contribution in [0.3, 0.4) is 0 Å². The molecule has 2 aromatic rings. The zero-order chi connectivity index (χ0) is 13.1. The maximum absolute atomic E-state index is 9.51. The Morgan fingerprint density at radius 1 is 1.18 bits per heavy atom. The molecule has 0 bridgehead atoms. The maximum Gasteiger partial charge on any atom is 0.339 e. The van der Waals surface area contributed by atoms with Gasteiger partial charge in [-0.3, -0.25) is 4.57 Å². The second-order valence-electron chi connectivity index (χ2n) is 2.87. The van der Waals surface area contributed by atoms with Crippen LogP contribution in [0, 0.1) is 0 Å². The molecule has 0 fully saturated rings. The second-order valence-corrected chi connectivity index (χ2v) is 10.8. The van der Waals surface area contributed by atoms with E-state index in [2.05, 4.69) is 54.6 Å². The molecule has 0 spiro atoms. The monoisotopic (exact) mass is 393 g/mol. The maximum atomic E-state index is 9.51. The van der Waals surface area contributed by atoms with Gasteiger partial charge in [-0.1, -0.05) is 33.6 Å². The third-order valence-electron chi connectivity index (χ3n) is 1.68. The molecule has 0 radical (unpaired) electrons. The molecular weight excluding hydrogens is 391 g/mol. The largest absolute Gasteiger partial charge is 0.339 e. The van der Waals surface area contributed by atoms with Gasteiger partial charge in [-0.15, -0.1) is 0 Å². The topological polar surface area (TPSA) is 30.0 Å². The third kappa shape index (κ3) is 6.28. The normalized spacial score (nSPS) is 10.9. The fraction of sp³-hybridized carbons (Fsp3) is 0. The number of aromatic nitrogens is 1. The Morgan fingerprint density at radius 3 is 2.35 bits per heavy atom. The van der Waals surface area contributed by atoms with Crippen molar-refractivity contribution >= 4 is 77.2 Å². The Bertz CT molecular complexity index is 566. The van der Waals surface area contributed by atoms with Crippen LogP contribution in [0.5, 0.6) is 0 Å². The van der Waals surface area contributed by atoms with Crippen molar-refractivity contribution < 1.29 is 4.57 Å². The van der Waals surface area contributed by atoms with Crippen LogP contribution in [-0.4, -0.2) is 4.98 Å². The van der Waals surface area contributed by atoms with Crippen LogP contribution >= 0.6 is 66.5 Å². The molecule has 0 aliphatic rings. The summed E-state index contributed by atoms with van der Waals surface area (Å²) in [4.78, 5) is 3.99. The van der Waals surface area contributed by atoms with Crippen LogP contribution in [0.15, 0.2) is 34.9 Å². The van der Waals surface area contributed by atoms with E-state index in [-0.39, 0.29) is 0 Å². The number of fused-ring (bicyclic) bond motifs is 1. The molecule has 8 heteroatoms. The number of hydrogen-bond donors (Lipinski definition) is 0. The highest BCUT2D eigenvalue weighted by molar-refractivity contribution is 9.10. The fourth-order valence-corrected chi connectivity index (χ4v) is 1.72. The summed E-state index contributed by atoms with van der Waals surface area (Å²) in [7, 11) is 0. The highest BCUT2D eigenvalue weighted by Crippen LogP contribution is 2.61. The number of benzene rings is 1. The molecule has 92 valence electrons. The van der Waals surface area contributed by atoms with E-state index in [0.717, 1.165) is 15.2 Å². The quantitative estimate of drug-likeness (QED) is 0.378. The Hall–Kier alpha value is 0.500. The Labute approximate surface area is 126 Å². The third-order valence-corrected chi connectivity index (χ3v) is 2.47. The van der Waals surface area contributed by atoms with Gasteiger partial charge < -0.3 is 0 Å². The van der Waals surface area contributed by atoms with Crippen LogP contribution in [0.1, 0.15) is 0 Å². The first-order valence-electron chi connectivity index (χ1n) is 4.16. The van der Waals surface area contributed by atoms with Gasteiger partial charge in [0.05, 0.1) is 0 Å². The van der Waals surface area contributed by atoms with E-state index in [0.29, 0.717) is 5.15 Å². The van der Waals surface area contributed by atoms with Gasteiger partial charge in [0.15, 0.2) is 0 Å². The summed E-state index contributed by atoms with van der Waals surface area (Å²) in [5, 5.41) is -0.577. The lowest BCUT2D eigenvalue weighted by atomic mass is 10.2. The number of hydrogen-bond acceptors (Lipinski definition) is 2. The minimum absolute atomic E-state index is 0.556. The van der Waals surface area contributed by atoms with Crippen LogP contribution in [0.25, 0.3) is 10.8 Å². The number of nitrogens with zero attached hydrogens (tertiary/aromatic N) is 1. The zero-order valence-corrected chi connectivity index (χ0v) is 13.6. The molecule has 2 nitrogen and oxygen atoms in total. The SMILES string of the molecule is Clc1nccc2cc(Br)ccc12.O=P(Cl)(Cl)Cl. The number of rotatable bonds is 0. The molecule has 1 aromatic heterocycles. The average Bonchev–Trinajstić information content (AvgIpc) is 2.14. The van der Waals surface area contributed by atoms with E-state index in [1.54, 1.807) is 6.20 Å². The van der Waals surface area contributed by atoms with Gasteiger partial charge in [-0.2, -0.15) is 0 Å². The van der Waals surface area contributed by atoms with Crippen LogP contribution < -0.4 is 0 Å². The summed E-state index contributed by atoms with van der Waals surface area (Å²) < 4.78 is 10.6. The highest BCUT2D eigenvalue weighted by atomic mass is 79.9. The van der Waals surface area contributed by atoms with Gasteiger partial charge in [0.25, 0.3) is 0 Å². The van der Waals surface area contributed by atoms with Crippen molar-refractivity contribution in [1.29, 1.82) is 0 Å². The molecule has 17 heavy (non-hydrogen) atoms. The summed E-state index contributed by atoms with van der Waals surface area (Å²) >= 11 is 23.1. The summed E-state index contributed by atoms with van der Waals surface area (Å²) in [6, 6.07) is 7.86. The summed E-state index contributed by atoms with van der Waals surface area (Å²) in [6.07, 6.45) is 1.71. The van der Waals surface area contributed by atoms with E-state index in [4.69, 9.17) is 11.6 Å². The molecule has 0 atom stereocenters. The predicted octanol–water partition coefficient (Wildman–Crippen LogP) is 6.46. The Morgan fingerprint density at radius 2 is 1.76 bits per heavy atom. The van der Waals surface area contributed by atoms with Crippen molar-refractivity contribution in [3.63, 3.8) is 0 Å². The first-order valence-corrected chi connectivity index (χ1v) is 9.75. The minimum atomic E-state index is -3.22. The van der Waals surface area contributed by atoms with E-state index < -0.39 is 5.20 Å². The fourth-order valence-electron chi connectivity index (χ4n) is 1.11. The average molecular weight is 396 g/mol. The molecule has 0 amide bonds. The van der Waals surface area contributed by atoms with Crippen molar-refractivity contribution in [3.8, 4) is 0 Å². The van der Waals surface area contributed by atoms with Crippen LogP contribution in [0.4, 0.5) is 0 Å². The van der Waals surface area contributed by atoms with Gasteiger partial charge in [-0.25, -0.2) is 4.98 Å². The summed E-state index contributed by atoms with van der Waals surface area (Å²) in [5.41, 5.74) is 0. The van der Waals surface area contributed by atoms with Crippen molar-refractivity contribution in [3.05, 3.63) is 40.1 Å². The van der Waals surface area contributed by atoms with Gasteiger partial charge in [0.1, 0.15) is 5.15 Å². The lowest BCUT2D eigenvalue weighted by molar-refractivity contribution is 0.600. The van der Waals surface area contributed by atoms with Crippen LogP contribution in [0.2, 0.25) is 5.15 Å². The van der Waals surface area contributed by atoms with Gasteiger partial charge in [0.2, 0.25) is 0 Å². The van der Waals surface area contributed by atoms with E-state index in [9.17, 15) is 4.57 Å². The van der Waals surface area contributed by atoms with Gasteiger partial charge in [0, 0.05) is 16.1 Å². The number of halogens is 5. The van der Waals surface area contributed by atoms with E-state index in [1.807, 2.05) is 24.3 Å². The smallest absolute Gasteiger partial charge is 0.271 e. The van der Waals surface area contributed by atoms with E-state index >= 15 is 0 Å². The van der Waals surface area contributed by atoms with Crippen molar-refractivity contribution in [2.24, 2.45) is 0 Å². The molecule has 0 aliphatic heterocycles. The first-order chi connectivity index (χ1) is 7.77. The number of pyridine rings is 1. The lowest BCUT2D eigenvalue weighted by Gasteiger charge is -1.98. The molecular formula is C9H5BrCl4NOP. The molecule has 2 rings (SSSR count). The first kappa shape index (κ1) is 15.6. The summed E-state index contributed by atoms with van der Waals surface area (Å²) in [5.74, 6) is 0. The summed E-state index contributed by atoms with van der Waals surface area (Å²) in [6.45, 7) is 0. The van der Waals surface area contributed by atoms with Gasteiger partial charge in [-0.05, 0) is 57.3 Å². The van der Waals surface area contributed by atoms with Crippen molar-refractivity contribution in [2.45, 2.75) is 0 Å². The second kappa shape index (κ2) is 6.60. The van der Waals surface area contributed by atoms with Gasteiger partial charge >= 0.3 is 5.20 Å². The zero-order valence-electron chi connectivity index (χ0n) is 8.08. The van der Waals surface area contributed by atoms with Crippen LogP contribution in [-0.2, 0) is 4.57 Å². The van der Waals surface area contributed by atoms with E-state index in [1.165, 1.54) is 0 Å². The molecule has 1 aromatic carbocycles. The Balaban J connectivity index is 0.000000249. The highest BCUT2D eigenvalue weighted by Gasteiger charge is 2.03. The molecule has 1 heterocycles. The molecule has 0 N–H and O–H groups in total. The minimum Gasteiger partial charge on any atom is -0.271 e. The molecule has 0 saturated heterocycles. The van der Waals surface area contributed by atoms with Crippen molar-refractivity contribution in [1.82, 2.24) is 4.98 Å². The molecule has 0 unspecified atom stereocenters. The Kier molecular flexibility index (Phi) is 6.04. The molecule has 0 saturated carbocycles. The predicted molar refractivity (Wildman–Crippen MR) is 79.6 cm³/mol. The lowest BCUT2D eigenvalue weighted by Crippen LogP contribution is -1.77.